The monoisotopic (exact) mass is 330 g/mol. The van der Waals surface area contributed by atoms with Crippen LogP contribution in [0.25, 0.3) is 0 Å². The Morgan fingerprint density at radius 1 is 1.35 bits per heavy atom. The minimum Gasteiger partial charge on any atom is -0.381 e. The predicted molar refractivity (Wildman–Crippen MR) is 89.0 cm³/mol. The lowest BCUT2D eigenvalue weighted by atomic mass is 9.85. The zero-order valence-electron chi connectivity index (χ0n) is 12.9. The molecule has 1 N–H and O–H groups in total. The van der Waals surface area contributed by atoms with Crippen LogP contribution in [0.1, 0.15) is 18.1 Å². The lowest BCUT2D eigenvalue weighted by molar-refractivity contribution is -0.161. The Balaban J connectivity index is 1.61. The fourth-order valence-electron chi connectivity index (χ4n) is 2.95. The number of amides is 1. The molecule has 23 heavy (non-hydrogen) atoms. The van der Waals surface area contributed by atoms with Crippen LogP contribution in [0.15, 0.2) is 48.8 Å². The highest BCUT2D eigenvalue weighted by Crippen LogP contribution is 2.32. The van der Waals surface area contributed by atoms with Gasteiger partial charge in [-0.1, -0.05) is 42.8 Å². The zero-order valence-corrected chi connectivity index (χ0v) is 13.7. The topological polar surface area (TPSA) is 53.4 Å². The molecule has 1 aliphatic heterocycles. The number of halogens is 1. The predicted octanol–water partition coefficient (Wildman–Crippen LogP) is 2.64. The summed E-state index contributed by atoms with van der Waals surface area (Å²) in [6, 6.07) is 11.2. The molecule has 1 amide bonds. The molecule has 2 aromatic rings. The average molecular weight is 331 g/mol. The van der Waals surface area contributed by atoms with Crippen LogP contribution >= 0.6 is 11.6 Å². The van der Waals surface area contributed by atoms with Crippen LogP contribution in [0.2, 0.25) is 5.02 Å². The van der Waals surface area contributed by atoms with E-state index in [0.29, 0.717) is 24.5 Å². The third kappa shape index (κ3) is 3.23. The van der Waals surface area contributed by atoms with Crippen LogP contribution in [-0.2, 0) is 16.8 Å². The summed E-state index contributed by atoms with van der Waals surface area (Å²) in [5.74, 6) is -0.133. The molecule has 0 bridgehead atoms. The number of hydrogen-bond acceptors (Lipinski definition) is 3. The van der Waals surface area contributed by atoms with Crippen molar-refractivity contribution in [2.24, 2.45) is 5.92 Å². The van der Waals surface area contributed by atoms with E-state index < -0.39 is 5.60 Å². The molecule has 5 heteroatoms. The first kappa shape index (κ1) is 16.0. The van der Waals surface area contributed by atoms with Crippen molar-refractivity contribution in [1.29, 1.82) is 0 Å². The minimum absolute atomic E-state index is 0.0403. The van der Waals surface area contributed by atoms with Crippen molar-refractivity contribution in [3.63, 3.8) is 0 Å². The summed E-state index contributed by atoms with van der Waals surface area (Å²) in [5.41, 5.74) is 0.745. The Bertz CT molecular complexity index is 699. The van der Waals surface area contributed by atoms with Crippen LogP contribution in [0, 0.1) is 5.92 Å². The summed E-state index contributed by atoms with van der Waals surface area (Å²) in [4.78, 5) is 18.2. The third-order valence-corrected chi connectivity index (χ3v) is 4.69. The van der Waals surface area contributed by atoms with Gasteiger partial charge in [-0.3, -0.25) is 9.78 Å². The lowest BCUT2D eigenvalue weighted by Crippen LogP contribution is -2.62. The van der Waals surface area contributed by atoms with Gasteiger partial charge >= 0.3 is 0 Å². The van der Waals surface area contributed by atoms with Gasteiger partial charge in [0.15, 0.2) is 0 Å². The Morgan fingerprint density at radius 3 is 2.74 bits per heavy atom. The average Bonchev–Trinajstić information content (AvgIpc) is 2.54. The van der Waals surface area contributed by atoms with Gasteiger partial charge in [-0.25, -0.2) is 0 Å². The van der Waals surface area contributed by atoms with E-state index in [9.17, 15) is 9.90 Å². The van der Waals surface area contributed by atoms with E-state index in [2.05, 4.69) is 4.98 Å². The molecule has 1 fully saturated rings. The van der Waals surface area contributed by atoms with Crippen LogP contribution in [0.4, 0.5) is 0 Å². The van der Waals surface area contributed by atoms with E-state index in [1.807, 2.05) is 37.3 Å². The SMILES string of the molecule is CC(Cc1ccccc1Cl)C(=O)N1CC(O)(c2cccnc2)C1. The van der Waals surface area contributed by atoms with Gasteiger partial charge in [-0.15, -0.1) is 0 Å². The van der Waals surface area contributed by atoms with Gasteiger partial charge in [0.05, 0.1) is 13.1 Å². The molecule has 0 spiro atoms. The number of aromatic nitrogens is 1. The van der Waals surface area contributed by atoms with Crippen molar-refractivity contribution in [3.05, 3.63) is 64.9 Å². The highest BCUT2D eigenvalue weighted by molar-refractivity contribution is 6.31. The smallest absolute Gasteiger partial charge is 0.225 e. The van der Waals surface area contributed by atoms with Crippen molar-refractivity contribution in [2.75, 3.05) is 13.1 Å². The molecule has 1 aliphatic rings. The number of carbonyl (C=O) groups excluding carboxylic acids is 1. The summed E-state index contributed by atoms with van der Waals surface area (Å²) >= 11 is 6.15. The summed E-state index contributed by atoms with van der Waals surface area (Å²) in [6.45, 7) is 2.52. The van der Waals surface area contributed by atoms with Crippen LogP contribution in [-0.4, -0.2) is 34.0 Å². The number of hydrogen-bond donors (Lipinski definition) is 1. The molecule has 1 atom stereocenters. The molecule has 120 valence electrons. The molecular weight excluding hydrogens is 312 g/mol. The highest BCUT2D eigenvalue weighted by Gasteiger charge is 2.45. The second-order valence-electron chi connectivity index (χ2n) is 6.16. The van der Waals surface area contributed by atoms with Gasteiger partial charge in [0.25, 0.3) is 0 Å². The quantitative estimate of drug-likeness (QED) is 0.937. The van der Waals surface area contributed by atoms with Crippen molar-refractivity contribution < 1.29 is 9.90 Å². The largest absolute Gasteiger partial charge is 0.381 e. The van der Waals surface area contributed by atoms with E-state index in [0.717, 1.165) is 11.1 Å². The van der Waals surface area contributed by atoms with Crippen LogP contribution in [0.3, 0.4) is 0 Å². The van der Waals surface area contributed by atoms with E-state index in [1.54, 1.807) is 23.4 Å². The number of nitrogens with zero attached hydrogens (tertiary/aromatic N) is 2. The van der Waals surface area contributed by atoms with Crippen LogP contribution in [0.5, 0.6) is 0 Å². The molecule has 1 aromatic heterocycles. The van der Waals surface area contributed by atoms with E-state index in [-0.39, 0.29) is 11.8 Å². The molecule has 1 unspecified atom stereocenters. The van der Waals surface area contributed by atoms with E-state index >= 15 is 0 Å². The number of aliphatic hydroxyl groups is 1. The van der Waals surface area contributed by atoms with Gasteiger partial charge < -0.3 is 10.0 Å². The van der Waals surface area contributed by atoms with Crippen molar-refractivity contribution in [1.82, 2.24) is 9.88 Å². The maximum Gasteiger partial charge on any atom is 0.225 e. The van der Waals surface area contributed by atoms with Crippen LogP contribution < -0.4 is 0 Å². The van der Waals surface area contributed by atoms with E-state index in [1.165, 1.54) is 0 Å². The molecule has 2 heterocycles. The fourth-order valence-corrected chi connectivity index (χ4v) is 3.17. The molecule has 4 nitrogen and oxygen atoms in total. The Hall–Kier alpha value is -1.91. The number of carbonyl (C=O) groups is 1. The second-order valence-corrected chi connectivity index (χ2v) is 6.57. The van der Waals surface area contributed by atoms with Crippen molar-refractivity contribution in [3.8, 4) is 0 Å². The molecule has 0 aliphatic carbocycles. The number of rotatable bonds is 4. The Labute approximate surface area is 140 Å². The Kier molecular flexibility index (Phi) is 4.37. The first-order valence-electron chi connectivity index (χ1n) is 7.65. The molecule has 1 saturated heterocycles. The maximum atomic E-state index is 12.5. The molecule has 3 rings (SSSR count). The van der Waals surface area contributed by atoms with Crippen molar-refractivity contribution in [2.45, 2.75) is 18.9 Å². The number of β-amino-alcohol motifs (C(OH)–C–C–N with tert-alkyl or cyclic N) is 1. The van der Waals surface area contributed by atoms with Crippen molar-refractivity contribution >= 4 is 17.5 Å². The first-order valence-corrected chi connectivity index (χ1v) is 8.02. The third-order valence-electron chi connectivity index (χ3n) is 4.32. The number of benzene rings is 1. The molecule has 0 saturated carbocycles. The van der Waals surface area contributed by atoms with Gasteiger partial charge in [0, 0.05) is 28.9 Å². The van der Waals surface area contributed by atoms with Gasteiger partial charge in [0.2, 0.25) is 5.91 Å². The Morgan fingerprint density at radius 2 is 2.09 bits per heavy atom. The summed E-state index contributed by atoms with van der Waals surface area (Å²) in [6.07, 6.45) is 3.91. The normalized spacial score (nSPS) is 17.4. The number of pyridine rings is 1. The first-order chi connectivity index (χ1) is 11.0. The fraction of sp³-hybridized carbons (Fsp3) is 0.333. The minimum atomic E-state index is -0.978. The highest BCUT2D eigenvalue weighted by atomic mass is 35.5. The number of likely N-dealkylation sites (tertiary alicyclic amines) is 1. The standard InChI is InChI=1S/C18H19ClN2O2/c1-13(9-14-5-2-3-7-16(14)19)17(22)21-11-18(23,12-21)15-6-4-8-20-10-15/h2-8,10,13,23H,9,11-12H2,1H3. The molecular formula is C18H19ClN2O2. The lowest BCUT2D eigenvalue weighted by Gasteiger charge is -2.47. The molecule has 1 aromatic carbocycles. The second kappa shape index (κ2) is 6.30. The zero-order chi connectivity index (χ0) is 16.4. The summed E-state index contributed by atoms with van der Waals surface area (Å²) in [7, 11) is 0. The maximum absolute atomic E-state index is 12.5. The van der Waals surface area contributed by atoms with Gasteiger partial charge in [0.1, 0.15) is 5.60 Å². The molecule has 0 radical (unpaired) electrons. The van der Waals surface area contributed by atoms with Gasteiger partial charge in [-0.05, 0) is 24.1 Å². The summed E-state index contributed by atoms with van der Waals surface area (Å²) < 4.78 is 0. The van der Waals surface area contributed by atoms with Gasteiger partial charge in [-0.2, -0.15) is 0 Å². The summed E-state index contributed by atoms with van der Waals surface area (Å²) in [5, 5.41) is 11.2. The van der Waals surface area contributed by atoms with E-state index in [4.69, 9.17) is 11.6 Å².